The first kappa shape index (κ1) is 11.7. The molecule has 0 bridgehead atoms. The minimum atomic E-state index is 0. The van der Waals surface area contributed by atoms with E-state index < -0.39 is 0 Å². The minimum Gasteiger partial charge on any atom is -0.269 e. The smallest absolute Gasteiger partial charge is 0.250 e. The molecule has 0 amide bonds. The summed E-state index contributed by atoms with van der Waals surface area (Å²) in [7, 11) is 0. The summed E-state index contributed by atoms with van der Waals surface area (Å²) in [6, 6.07) is 8.94. The van der Waals surface area contributed by atoms with E-state index in [0.717, 1.165) is 0 Å². The fraction of sp³-hybridized carbons (Fsp3) is 0.400. The van der Waals surface area contributed by atoms with Gasteiger partial charge in [-0.15, -0.1) is 4.43 Å². The normalized spacial score (nSPS) is 8.83. The van der Waals surface area contributed by atoms with Crippen LogP contribution in [0.3, 0.4) is 0 Å². The Morgan fingerprint density at radius 3 is 2.25 bits per heavy atom. The van der Waals surface area contributed by atoms with Crippen LogP contribution in [0.25, 0.3) is 0 Å². The second-order valence-electron chi connectivity index (χ2n) is 2.90. The van der Waals surface area contributed by atoms with Gasteiger partial charge in [-0.3, -0.25) is 4.70 Å². The van der Waals surface area contributed by atoms with Gasteiger partial charge in [0.1, 0.15) is 0 Å². The average molecular weight is 181 g/mol. The van der Waals surface area contributed by atoms with Crippen molar-refractivity contribution in [3.05, 3.63) is 29.8 Å². The van der Waals surface area contributed by atoms with Crippen LogP contribution in [0.15, 0.2) is 24.3 Å². The molecular formula is C10H15AlF. The highest BCUT2D eigenvalue weighted by molar-refractivity contribution is 6.53. The molecule has 0 spiro atoms. The molecule has 0 unspecified atom stereocenters. The summed E-state index contributed by atoms with van der Waals surface area (Å²) in [5.41, 5.74) is 1.37. The fourth-order valence-corrected chi connectivity index (χ4v) is 2.10. The van der Waals surface area contributed by atoms with Crippen molar-refractivity contribution in [2.45, 2.75) is 25.6 Å². The van der Waals surface area contributed by atoms with Crippen LogP contribution in [0.4, 0.5) is 4.70 Å². The third-order valence-corrected chi connectivity index (χ3v) is 3.47. The van der Waals surface area contributed by atoms with Crippen LogP contribution in [-0.2, 0) is 0 Å². The topological polar surface area (TPSA) is 0 Å². The zero-order valence-corrected chi connectivity index (χ0v) is 8.86. The van der Waals surface area contributed by atoms with Gasteiger partial charge in [-0.2, -0.15) is 0 Å². The Morgan fingerprint density at radius 2 is 1.75 bits per heavy atom. The molecule has 1 aromatic carbocycles. The molecule has 0 aliphatic heterocycles. The SMILES string of the molecule is CC[CH2][Al][c]1ccc(C)cc1.F. The van der Waals surface area contributed by atoms with E-state index in [1.54, 1.807) is 4.43 Å². The molecule has 0 aromatic heterocycles. The number of benzene rings is 1. The Morgan fingerprint density at radius 1 is 1.17 bits per heavy atom. The second kappa shape index (κ2) is 6.23. The molecule has 0 aliphatic rings. The zero-order valence-electron chi connectivity index (χ0n) is 7.71. The van der Waals surface area contributed by atoms with Gasteiger partial charge in [0.2, 0.25) is 15.2 Å². The molecule has 65 valence electrons. The average Bonchev–Trinajstić information content (AvgIpc) is 2.04. The molecule has 0 saturated carbocycles. The van der Waals surface area contributed by atoms with Crippen LogP contribution in [0.5, 0.6) is 0 Å². The van der Waals surface area contributed by atoms with Gasteiger partial charge in [-0.05, 0) is 6.92 Å². The molecule has 0 nitrogen and oxygen atoms in total. The van der Waals surface area contributed by atoms with Crippen molar-refractivity contribution in [2.24, 2.45) is 0 Å². The molecule has 1 rings (SSSR count). The number of halogens is 1. The molecule has 2 heteroatoms. The summed E-state index contributed by atoms with van der Waals surface area (Å²) in [5.74, 6) is 0. The summed E-state index contributed by atoms with van der Waals surface area (Å²) in [5, 5.41) is 1.39. The summed E-state index contributed by atoms with van der Waals surface area (Å²) in [6.45, 7) is 4.39. The lowest BCUT2D eigenvalue weighted by molar-refractivity contribution is 1.08. The Labute approximate surface area is 80.1 Å². The van der Waals surface area contributed by atoms with E-state index in [1.165, 1.54) is 17.3 Å². The van der Waals surface area contributed by atoms with Crippen LogP contribution in [-0.4, -0.2) is 15.2 Å². The fourth-order valence-electron chi connectivity index (χ4n) is 1.01. The quantitative estimate of drug-likeness (QED) is 0.628. The predicted octanol–water partition coefficient (Wildman–Crippen LogP) is 2.31. The predicted molar refractivity (Wildman–Crippen MR) is 54.2 cm³/mol. The van der Waals surface area contributed by atoms with E-state index in [4.69, 9.17) is 0 Å². The largest absolute Gasteiger partial charge is 0.269 e. The van der Waals surface area contributed by atoms with Gasteiger partial charge in [-0.1, -0.05) is 48.5 Å². The van der Waals surface area contributed by atoms with E-state index in [-0.39, 0.29) is 4.70 Å². The standard InChI is InChI=1S/C7H7.C3H7.Al.FH/c1-7-5-3-2-4-6-7;1-3-2;;/h3-6H,1H3;1,3H2,2H3;;1H. The monoisotopic (exact) mass is 181 g/mol. The van der Waals surface area contributed by atoms with Crippen LogP contribution in [0.1, 0.15) is 18.9 Å². The zero-order chi connectivity index (χ0) is 8.10. The van der Waals surface area contributed by atoms with E-state index in [2.05, 4.69) is 38.1 Å². The maximum atomic E-state index is 2.26. The van der Waals surface area contributed by atoms with Gasteiger partial charge in [0.15, 0.2) is 0 Å². The number of rotatable bonds is 3. The van der Waals surface area contributed by atoms with Crippen molar-refractivity contribution in [1.82, 2.24) is 0 Å². The van der Waals surface area contributed by atoms with Gasteiger partial charge >= 0.3 is 0 Å². The number of hydrogen-bond donors (Lipinski definition) is 0. The van der Waals surface area contributed by atoms with E-state index in [9.17, 15) is 0 Å². The van der Waals surface area contributed by atoms with Gasteiger partial charge in [0, 0.05) is 0 Å². The highest BCUT2D eigenvalue weighted by Crippen LogP contribution is 1.93. The second-order valence-corrected chi connectivity index (χ2v) is 4.56. The third kappa shape index (κ3) is 3.90. The Hall–Kier alpha value is -0.318. The highest BCUT2D eigenvalue weighted by Gasteiger charge is 1.93. The van der Waals surface area contributed by atoms with E-state index in [1.807, 2.05) is 0 Å². The summed E-state index contributed by atoms with van der Waals surface area (Å²) in [4.78, 5) is 0. The molecular weight excluding hydrogens is 166 g/mol. The van der Waals surface area contributed by atoms with Gasteiger partial charge in [0.25, 0.3) is 0 Å². The van der Waals surface area contributed by atoms with Crippen LogP contribution < -0.4 is 4.43 Å². The van der Waals surface area contributed by atoms with Gasteiger partial charge in [0.05, 0.1) is 0 Å². The molecule has 0 aliphatic carbocycles. The van der Waals surface area contributed by atoms with Crippen molar-refractivity contribution in [3.63, 3.8) is 0 Å². The molecule has 0 saturated heterocycles. The molecule has 1 radical (unpaired) electrons. The van der Waals surface area contributed by atoms with Gasteiger partial charge < -0.3 is 0 Å². The van der Waals surface area contributed by atoms with Crippen molar-refractivity contribution >= 4 is 19.6 Å². The maximum Gasteiger partial charge on any atom is 0.250 e. The molecule has 12 heavy (non-hydrogen) atoms. The molecule has 0 N–H and O–H groups in total. The molecule has 0 fully saturated rings. The van der Waals surface area contributed by atoms with Crippen molar-refractivity contribution in [1.29, 1.82) is 0 Å². The highest BCUT2D eigenvalue weighted by atomic mass is 27.1. The van der Waals surface area contributed by atoms with E-state index in [0.29, 0.717) is 15.2 Å². The summed E-state index contributed by atoms with van der Waals surface area (Å²) in [6.07, 6.45) is 1.32. The third-order valence-electron chi connectivity index (χ3n) is 1.75. The summed E-state index contributed by atoms with van der Waals surface area (Å²) < 4.78 is 1.55. The van der Waals surface area contributed by atoms with Crippen molar-refractivity contribution in [2.75, 3.05) is 0 Å². The van der Waals surface area contributed by atoms with Crippen LogP contribution in [0, 0.1) is 6.92 Å². The van der Waals surface area contributed by atoms with Crippen molar-refractivity contribution in [3.8, 4) is 0 Å². The molecule has 1 aromatic rings. The lowest BCUT2D eigenvalue weighted by Crippen LogP contribution is -2.12. The maximum absolute atomic E-state index is 2.26. The number of aryl methyl sites for hydroxylation is 1. The van der Waals surface area contributed by atoms with Gasteiger partial charge in [-0.25, -0.2) is 0 Å². The van der Waals surface area contributed by atoms with Crippen LogP contribution >= 0.6 is 0 Å². The Balaban J connectivity index is 0.00000121. The summed E-state index contributed by atoms with van der Waals surface area (Å²) >= 11 is 0.537. The Kier molecular flexibility index (Phi) is 6.06. The lowest BCUT2D eigenvalue weighted by atomic mass is 10.2. The first-order valence-corrected chi connectivity index (χ1v) is 5.62. The van der Waals surface area contributed by atoms with Crippen molar-refractivity contribution < 1.29 is 4.70 Å². The van der Waals surface area contributed by atoms with E-state index >= 15 is 0 Å². The molecule has 0 heterocycles. The Bertz CT molecular complexity index is 206. The minimum absolute atomic E-state index is 0. The number of hydrogen-bond acceptors (Lipinski definition) is 0. The van der Waals surface area contributed by atoms with Crippen LogP contribution in [0.2, 0.25) is 5.28 Å². The first-order chi connectivity index (χ1) is 5.33. The lowest BCUT2D eigenvalue weighted by Gasteiger charge is -1.97. The first-order valence-electron chi connectivity index (χ1n) is 4.23. The molecule has 0 atom stereocenters.